The lowest BCUT2D eigenvalue weighted by atomic mass is 10.1. The SMILES string of the molecule is C#CCn1c(CCNC(C)C)nc2cc(CC)ccc21. The number of nitrogens with one attached hydrogen (secondary N) is 1. The molecule has 0 bridgehead atoms. The van der Waals surface area contributed by atoms with Crippen LogP contribution in [0.4, 0.5) is 0 Å². The summed E-state index contributed by atoms with van der Waals surface area (Å²) in [5.41, 5.74) is 3.51. The fourth-order valence-electron chi connectivity index (χ4n) is 2.38. The van der Waals surface area contributed by atoms with Crippen molar-refractivity contribution in [2.24, 2.45) is 0 Å². The monoisotopic (exact) mass is 269 g/mol. The Hall–Kier alpha value is -1.79. The molecule has 0 aliphatic carbocycles. The van der Waals surface area contributed by atoms with Crippen molar-refractivity contribution >= 4 is 11.0 Å². The van der Waals surface area contributed by atoms with Crippen molar-refractivity contribution in [3.63, 3.8) is 0 Å². The Bertz CT molecular complexity index is 617. The van der Waals surface area contributed by atoms with Crippen molar-refractivity contribution in [2.45, 2.75) is 46.2 Å². The first-order valence-corrected chi connectivity index (χ1v) is 7.30. The standard InChI is InChI=1S/C17H23N3/c1-5-11-20-16-8-7-14(6-2)12-15(16)19-17(20)9-10-18-13(3)4/h1,7-8,12-13,18H,6,9-11H2,2-4H3. The van der Waals surface area contributed by atoms with Gasteiger partial charge in [-0.1, -0.05) is 32.8 Å². The number of aromatic nitrogens is 2. The molecule has 0 fully saturated rings. The largest absolute Gasteiger partial charge is 0.316 e. The van der Waals surface area contributed by atoms with Gasteiger partial charge in [0.15, 0.2) is 0 Å². The number of aryl methyl sites for hydroxylation is 1. The number of imidazole rings is 1. The van der Waals surface area contributed by atoms with E-state index in [-0.39, 0.29) is 0 Å². The minimum absolute atomic E-state index is 0.493. The molecule has 0 atom stereocenters. The van der Waals surface area contributed by atoms with Crippen LogP contribution in [0.1, 0.15) is 32.2 Å². The van der Waals surface area contributed by atoms with Gasteiger partial charge in [-0.15, -0.1) is 6.42 Å². The van der Waals surface area contributed by atoms with E-state index in [0.717, 1.165) is 36.2 Å². The summed E-state index contributed by atoms with van der Waals surface area (Å²) in [6.45, 7) is 7.97. The molecule has 0 amide bonds. The first kappa shape index (κ1) is 14.6. The van der Waals surface area contributed by atoms with E-state index in [4.69, 9.17) is 11.4 Å². The number of hydrogen-bond donors (Lipinski definition) is 1. The highest BCUT2D eigenvalue weighted by atomic mass is 15.1. The lowest BCUT2D eigenvalue weighted by molar-refractivity contribution is 0.576. The molecule has 0 saturated heterocycles. The quantitative estimate of drug-likeness (QED) is 0.817. The van der Waals surface area contributed by atoms with Crippen LogP contribution in [0.3, 0.4) is 0 Å². The van der Waals surface area contributed by atoms with Crippen LogP contribution >= 0.6 is 0 Å². The number of fused-ring (bicyclic) bond motifs is 1. The van der Waals surface area contributed by atoms with Crippen LogP contribution in [-0.4, -0.2) is 22.1 Å². The fourth-order valence-corrected chi connectivity index (χ4v) is 2.38. The maximum absolute atomic E-state index is 5.50. The van der Waals surface area contributed by atoms with Gasteiger partial charge < -0.3 is 9.88 Å². The maximum Gasteiger partial charge on any atom is 0.111 e. The van der Waals surface area contributed by atoms with Crippen molar-refractivity contribution in [1.29, 1.82) is 0 Å². The highest BCUT2D eigenvalue weighted by Gasteiger charge is 2.10. The third kappa shape index (κ3) is 3.20. The molecule has 1 heterocycles. The molecule has 0 spiro atoms. The Morgan fingerprint density at radius 3 is 2.85 bits per heavy atom. The summed E-state index contributed by atoms with van der Waals surface area (Å²) in [7, 11) is 0. The maximum atomic E-state index is 5.50. The summed E-state index contributed by atoms with van der Waals surface area (Å²) in [5, 5.41) is 3.43. The highest BCUT2D eigenvalue weighted by molar-refractivity contribution is 5.77. The van der Waals surface area contributed by atoms with Crippen LogP contribution in [0.5, 0.6) is 0 Å². The van der Waals surface area contributed by atoms with E-state index in [2.05, 4.69) is 54.8 Å². The molecule has 3 nitrogen and oxygen atoms in total. The predicted molar refractivity (Wildman–Crippen MR) is 84.8 cm³/mol. The highest BCUT2D eigenvalue weighted by Crippen LogP contribution is 2.18. The fraction of sp³-hybridized carbons (Fsp3) is 0.471. The second-order valence-electron chi connectivity index (χ2n) is 5.35. The summed E-state index contributed by atoms with van der Waals surface area (Å²) in [4.78, 5) is 4.76. The molecule has 3 heteroatoms. The Labute approximate surface area is 121 Å². The molecule has 1 aromatic carbocycles. The van der Waals surface area contributed by atoms with Crippen LogP contribution in [0.15, 0.2) is 18.2 Å². The first-order valence-electron chi connectivity index (χ1n) is 7.30. The molecule has 2 rings (SSSR count). The van der Waals surface area contributed by atoms with Gasteiger partial charge in [0.05, 0.1) is 17.6 Å². The second kappa shape index (κ2) is 6.58. The van der Waals surface area contributed by atoms with Crippen molar-refractivity contribution in [1.82, 2.24) is 14.9 Å². The molecular weight excluding hydrogens is 246 g/mol. The van der Waals surface area contributed by atoms with Crippen molar-refractivity contribution < 1.29 is 0 Å². The summed E-state index contributed by atoms with van der Waals surface area (Å²) in [6.07, 6.45) is 7.43. The Morgan fingerprint density at radius 2 is 2.20 bits per heavy atom. The summed E-state index contributed by atoms with van der Waals surface area (Å²) >= 11 is 0. The van der Waals surface area contributed by atoms with E-state index in [1.54, 1.807) is 0 Å². The van der Waals surface area contributed by atoms with Crippen LogP contribution < -0.4 is 5.32 Å². The van der Waals surface area contributed by atoms with Crippen molar-refractivity contribution in [3.8, 4) is 12.3 Å². The van der Waals surface area contributed by atoms with Gasteiger partial charge in [0.1, 0.15) is 5.82 Å². The predicted octanol–water partition coefficient (Wildman–Crippen LogP) is 2.77. The summed E-state index contributed by atoms with van der Waals surface area (Å²) < 4.78 is 2.15. The van der Waals surface area contributed by atoms with Gasteiger partial charge in [-0.05, 0) is 24.1 Å². The summed E-state index contributed by atoms with van der Waals surface area (Å²) in [5.74, 6) is 3.80. The normalized spacial score (nSPS) is 11.2. The smallest absolute Gasteiger partial charge is 0.111 e. The second-order valence-corrected chi connectivity index (χ2v) is 5.35. The molecule has 0 radical (unpaired) electrons. The molecule has 0 saturated carbocycles. The average molecular weight is 269 g/mol. The van der Waals surface area contributed by atoms with E-state index < -0.39 is 0 Å². The zero-order valence-electron chi connectivity index (χ0n) is 12.6. The van der Waals surface area contributed by atoms with E-state index in [0.29, 0.717) is 12.6 Å². The van der Waals surface area contributed by atoms with E-state index in [1.807, 2.05) is 0 Å². The number of hydrogen-bond acceptors (Lipinski definition) is 2. The molecule has 1 aromatic heterocycles. The molecule has 0 aliphatic rings. The first-order chi connectivity index (χ1) is 9.65. The lowest BCUT2D eigenvalue weighted by Gasteiger charge is -2.09. The van der Waals surface area contributed by atoms with Crippen LogP contribution in [0, 0.1) is 12.3 Å². The lowest BCUT2D eigenvalue weighted by Crippen LogP contribution is -2.25. The Balaban J connectivity index is 2.32. The van der Waals surface area contributed by atoms with Crippen LogP contribution in [-0.2, 0) is 19.4 Å². The van der Waals surface area contributed by atoms with Gasteiger partial charge in [0, 0.05) is 19.0 Å². The minimum atomic E-state index is 0.493. The van der Waals surface area contributed by atoms with E-state index in [1.165, 1.54) is 5.56 Å². The molecule has 106 valence electrons. The topological polar surface area (TPSA) is 29.9 Å². The molecule has 2 aromatic rings. The van der Waals surface area contributed by atoms with Gasteiger partial charge in [-0.2, -0.15) is 0 Å². The van der Waals surface area contributed by atoms with Gasteiger partial charge in [0.25, 0.3) is 0 Å². The Morgan fingerprint density at radius 1 is 1.40 bits per heavy atom. The van der Waals surface area contributed by atoms with E-state index >= 15 is 0 Å². The minimum Gasteiger partial charge on any atom is -0.316 e. The molecule has 0 aliphatic heterocycles. The third-order valence-corrected chi connectivity index (χ3v) is 3.45. The summed E-state index contributed by atoms with van der Waals surface area (Å²) in [6, 6.07) is 6.96. The third-order valence-electron chi connectivity index (χ3n) is 3.45. The molecule has 1 N–H and O–H groups in total. The molecular formula is C17H23N3. The number of rotatable bonds is 6. The number of benzene rings is 1. The van der Waals surface area contributed by atoms with Crippen LogP contribution in [0.2, 0.25) is 0 Å². The molecule has 0 unspecified atom stereocenters. The Kier molecular flexibility index (Phi) is 4.81. The number of nitrogens with zero attached hydrogens (tertiary/aromatic N) is 2. The zero-order chi connectivity index (χ0) is 14.5. The molecule has 20 heavy (non-hydrogen) atoms. The van der Waals surface area contributed by atoms with E-state index in [9.17, 15) is 0 Å². The van der Waals surface area contributed by atoms with Gasteiger partial charge in [0.2, 0.25) is 0 Å². The number of terminal acetylenes is 1. The average Bonchev–Trinajstić information content (AvgIpc) is 2.76. The van der Waals surface area contributed by atoms with Crippen LogP contribution in [0.25, 0.3) is 11.0 Å². The zero-order valence-corrected chi connectivity index (χ0v) is 12.6. The van der Waals surface area contributed by atoms with Gasteiger partial charge in [-0.25, -0.2) is 4.98 Å². The van der Waals surface area contributed by atoms with Gasteiger partial charge >= 0.3 is 0 Å². The van der Waals surface area contributed by atoms with Gasteiger partial charge in [-0.3, -0.25) is 0 Å². The van der Waals surface area contributed by atoms with Crippen molar-refractivity contribution in [2.75, 3.05) is 6.54 Å². The van der Waals surface area contributed by atoms with Crippen molar-refractivity contribution in [3.05, 3.63) is 29.6 Å².